The van der Waals surface area contributed by atoms with Crippen LogP contribution in [-0.4, -0.2) is 30.3 Å². The molecule has 2 nitrogen and oxygen atoms in total. The fourth-order valence-electron chi connectivity index (χ4n) is 3.18. The zero-order valence-corrected chi connectivity index (χ0v) is 13.3. The number of likely N-dealkylation sites (N-methyl/N-ethyl adjacent to an activating group) is 1. The van der Waals surface area contributed by atoms with Gasteiger partial charge < -0.3 is 0 Å². The van der Waals surface area contributed by atoms with E-state index in [-0.39, 0.29) is 11.8 Å². The Morgan fingerprint density at radius 1 is 1.30 bits per heavy atom. The summed E-state index contributed by atoms with van der Waals surface area (Å²) in [6.07, 6.45) is 5.37. The summed E-state index contributed by atoms with van der Waals surface area (Å²) in [5.74, 6) is 1.04. The van der Waals surface area contributed by atoms with Crippen LogP contribution >= 0.6 is 0 Å². The van der Waals surface area contributed by atoms with Crippen LogP contribution in [0, 0.1) is 19.8 Å². The fourth-order valence-corrected chi connectivity index (χ4v) is 3.18. The Labute approximate surface area is 123 Å². The molecule has 0 aliphatic heterocycles. The predicted octanol–water partition coefficient (Wildman–Crippen LogP) is 4.00. The molecular formula is C18H27NO. The predicted molar refractivity (Wildman–Crippen MR) is 84.3 cm³/mol. The van der Waals surface area contributed by atoms with Gasteiger partial charge in [0.05, 0.1) is 6.04 Å². The smallest absolute Gasteiger partial charge is 0.179 e. The van der Waals surface area contributed by atoms with Gasteiger partial charge in [0, 0.05) is 12.1 Å². The van der Waals surface area contributed by atoms with Crippen molar-refractivity contribution >= 4 is 5.78 Å². The monoisotopic (exact) mass is 273 g/mol. The normalized spacial score (nSPS) is 17.6. The highest BCUT2D eigenvalue weighted by atomic mass is 16.1. The summed E-state index contributed by atoms with van der Waals surface area (Å²) in [7, 11) is 2.09. The molecular weight excluding hydrogens is 246 g/mol. The molecule has 0 radical (unpaired) electrons. The molecule has 1 aliphatic carbocycles. The zero-order valence-electron chi connectivity index (χ0n) is 13.3. The Bertz CT molecular complexity index is 474. The molecule has 0 spiro atoms. The molecule has 0 saturated heterocycles. The van der Waals surface area contributed by atoms with Gasteiger partial charge in [0.15, 0.2) is 5.78 Å². The first-order valence-corrected chi connectivity index (χ1v) is 7.80. The highest BCUT2D eigenvalue weighted by Gasteiger charge is 2.24. The molecule has 0 heterocycles. The maximum Gasteiger partial charge on any atom is 0.179 e. The third-order valence-electron chi connectivity index (χ3n) is 4.72. The topological polar surface area (TPSA) is 20.3 Å². The SMILES string of the molecule is Cc1ccc(C)c(C(=O)C(C)N(C)CC2CCCC2)c1. The highest BCUT2D eigenvalue weighted by Crippen LogP contribution is 2.26. The van der Waals surface area contributed by atoms with Crippen molar-refractivity contribution < 1.29 is 4.79 Å². The molecule has 20 heavy (non-hydrogen) atoms. The van der Waals surface area contributed by atoms with Crippen LogP contribution in [0.15, 0.2) is 18.2 Å². The number of ketones is 1. The van der Waals surface area contributed by atoms with E-state index >= 15 is 0 Å². The minimum Gasteiger partial charge on any atom is -0.296 e. The third-order valence-corrected chi connectivity index (χ3v) is 4.72. The number of hydrogen-bond acceptors (Lipinski definition) is 2. The van der Waals surface area contributed by atoms with Crippen molar-refractivity contribution in [2.75, 3.05) is 13.6 Å². The van der Waals surface area contributed by atoms with Crippen molar-refractivity contribution in [3.05, 3.63) is 34.9 Å². The second-order valence-electron chi connectivity index (χ2n) is 6.45. The van der Waals surface area contributed by atoms with Gasteiger partial charge in [-0.2, -0.15) is 0 Å². The van der Waals surface area contributed by atoms with Gasteiger partial charge in [-0.05, 0) is 58.2 Å². The van der Waals surface area contributed by atoms with E-state index in [4.69, 9.17) is 0 Å². The standard InChI is InChI=1S/C18H27NO/c1-13-9-10-14(2)17(11-13)18(20)15(3)19(4)12-16-7-5-6-8-16/h9-11,15-16H,5-8,12H2,1-4H3. The zero-order chi connectivity index (χ0) is 14.7. The lowest BCUT2D eigenvalue weighted by molar-refractivity contribution is 0.0852. The Morgan fingerprint density at radius 3 is 2.60 bits per heavy atom. The van der Waals surface area contributed by atoms with Crippen LogP contribution in [0.5, 0.6) is 0 Å². The highest BCUT2D eigenvalue weighted by molar-refractivity contribution is 6.01. The van der Waals surface area contributed by atoms with Gasteiger partial charge in [-0.1, -0.05) is 30.5 Å². The summed E-state index contributed by atoms with van der Waals surface area (Å²) >= 11 is 0. The van der Waals surface area contributed by atoms with Crippen LogP contribution in [0.3, 0.4) is 0 Å². The first-order chi connectivity index (χ1) is 9.49. The lowest BCUT2D eigenvalue weighted by atomic mass is 9.97. The summed E-state index contributed by atoms with van der Waals surface area (Å²) in [5.41, 5.74) is 3.13. The third kappa shape index (κ3) is 3.49. The quantitative estimate of drug-likeness (QED) is 0.756. The Balaban J connectivity index is 2.05. The summed E-state index contributed by atoms with van der Waals surface area (Å²) in [5, 5.41) is 0. The lowest BCUT2D eigenvalue weighted by Gasteiger charge is -2.27. The van der Waals surface area contributed by atoms with Crippen LogP contribution in [0.4, 0.5) is 0 Å². The van der Waals surface area contributed by atoms with Crippen LogP contribution in [-0.2, 0) is 0 Å². The number of aryl methyl sites for hydroxylation is 2. The van der Waals surface area contributed by atoms with Gasteiger partial charge in [-0.15, -0.1) is 0 Å². The average molecular weight is 273 g/mol. The molecule has 0 aromatic heterocycles. The lowest BCUT2D eigenvalue weighted by Crippen LogP contribution is -2.39. The van der Waals surface area contributed by atoms with Gasteiger partial charge in [0.1, 0.15) is 0 Å². The summed E-state index contributed by atoms with van der Waals surface area (Å²) < 4.78 is 0. The Hall–Kier alpha value is -1.15. The Morgan fingerprint density at radius 2 is 1.95 bits per heavy atom. The molecule has 0 amide bonds. The molecule has 1 fully saturated rings. The van der Waals surface area contributed by atoms with Crippen LogP contribution < -0.4 is 0 Å². The number of benzene rings is 1. The van der Waals surface area contributed by atoms with Gasteiger partial charge in [-0.25, -0.2) is 0 Å². The molecule has 0 N–H and O–H groups in total. The van der Waals surface area contributed by atoms with E-state index in [2.05, 4.69) is 18.0 Å². The minimum absolute atomic E-state index is 0.0314. The van der Waals surface area contributed by atoms with Gasteiger partial charge in [0.25, 0.3) is 0 Å². The van der Waals surface area contributed by atoms with E-state index in [0.717, 1.165) is 29.2 Å². The van der Waals surface area contributed by atoms with Crippen molar-refractivity contribution in [1.82, 2.24) is 4.90 Å². The average Bonchev–Trinajstić information content (AvgIpc) is 2.92. The first kappa shape index (κ1) is 15.2. The van der Waals surface area contributed by atoms with Crippen molar-refractivity contribution in [2.45, 2.75) is 52.5 Å². The van der Waals surface area contributed by atoms with Crippen LogP contribution in [0.1, 0.15) is 54.1 Å². The molecule has 1 aromatic rings. The van der Waals surface area contributed by atoms with E-state index in [1.807, 2.05) is 32.9 Å². The molecule has 1 saturated carbocycles. The van der Waals surface area contributed by atoms with Crippen molar-refractivity contribution in [1.29, 1.82) is 0 Å². The first-order valence-electron chi connectivity index (χ1n) is 7.80. The molecule has 1 aliphatic rings. The maximum atomic E-state index is 12.7. The second kappa shape index (κ2) is 6.53. The summed E-state index contributed by atoms with van der Waals surface area (Å²) in [6, 6.07) is 6.11. The second-order valence-corrected chi connectivity index (χ2v) is 6.45. The molecule has 2 rings (SSSR count). The maximum absolute atomic E-state index is 12.7. The summed E-state index contributed by atoms with van der Waals surface area (Å²) in [4.78, 5) is 14.9. The van der Waals surface area contributed by atoms with E-state index in [1.165, 1.54) is 25.7 Å². The molecule has 110 valence electrons. The number of nitrogens with zero attached hydrogens (tertiary/aromatic N) is 1. The van der Waals surface area contributed by atoms with Crippen LogP contribution in [0.2, 0.25) is 0 Å². The largest absolute Gasteiger partial charge is 0.296 e. The number of Topliss-reactive ketones (excluding diaryl/α,β-unsaturated/α-hetero) is 1. The van der Waals surface area contributed by atoms with Crippen molar-refractivity contribution in [2.24, 2.45) is 5.92 Å². The molecule has 2 heteroatoms. The number of rotatable bonds is 5. The molecule has 1 unspecified atom stereocenters. The van der Waals surface area contributed by atoms with Gasteiger partial charge in [-0.3, -0.25) is 9.69 Å². The van der Waals surface area contributed by atoms with Gasteiger partial charge in [0.2, 0.25) is 0 Å². The molecule has 1 atom stereocenters. The Kier molecular flexibility index (Phi) is 4.98. The van der Waals surface area contributed by atoms with E-state index in [0.29, 0.717) is 0 Å². The van der Waals surface area contributed by atoms with Crippen LogP contribution in [0.25, 0.3) is 0 Å². The van der Waals surface area contributed by atoms with E-state index in [9.17, 15) is 4.79 Å². The number of hydrogen-bond donors (Lipinski definition) is 0. The molecule has 1 aromatic carbocycles. The van der Waals surface area contributed by atoms with Crippen molar-refractivity contribution in [3.63, 3.8) is 0 Å². The van der Waals surface area contributed by atoms with E-state index < -0.39 is 0 Å². The number of carbonyl (C=O) groups excluding carboxylic acids is 1. The fraction of sp³-hybridized carbons (Fsp3) is 0.611. The summed E-state index contributed by atoms with van der Waals surface area (Å²) in [6.45, 7) is 7.16. The van der Waals surface area contributed by atoms with Crippen molar-refractivity contribution in [3.8, 4) is 0 Å². The van der Waals surface area contributed by atoms with E-state index in [1.54, 1.807) is 0 Å². The number of carbonyl (C=O) groups is 1. The minimum atomic E-state index is -0.0314. The van der Waals surface area contributed by atoms with Gasteiger partial charge >= 0.3 is 0 Å². The molecule has 0 bridgehead atoms.